The van der Waals surface area contributed by atoms with Gasteiger partial charge < -0.3 is 9.32 Å². The summed E-state index contributed by atoms with van der Waals surface area (Å²) in [7, 11) is -3.86. The van der Waals surface area contributed by atoms with Crippen molar-refractivity contribution in [2.75, 3.05) is 6.54 Å². The van der Waals surface area contributed by atoms with Gasteiger partial charge in [-0.25, -0.2) is 12.8 Å². The van der Waals surface area contributed by atoms with Crippen LogP contribution in [0.1, 0.15) is 30.9 Å². The average molecular weight is 459 g/mol. The highest BCUT2D eigenvalue weighted by Crippen LogP contribution is 2.20. The Morgan fingerprint density at radius 1 is 0.969 bits per heavy atom. The molecule has 0 N–H and O–H groups in total. The van der Waals surface area contributed by atoms with E-state index in [4.69, 9.17) is 4.42 Å². The summed E-state index contributed by atoms with van der Waals surface area (Å²) in [6.07, 6.45) is 0. The van der Waals surface area contributed by atoms with E-state index in [-0.39, 0.29) is 36.3 Å². The van der Waals surface area contributed by atoms with E-state index in [9.17, 15) is 17.6 Å². The van der Waals surface area contributed by atoms with Gasteiger partial charge in [-0.2, -0.15) is 4.31 Å². The lowest BCUT2D eigenvalue weighted by Crippen LogP contribution is -2.45. The van der Waals surface area contributed by atoms with Crippen LogP contribution in [0.3, 0.4) is 0 Å². The minimum atomic E-state index is -3.86. The van der Waals surface area contributed by atoms with Gasteiger partial charge in [-0.15, -0.1) is 0 Å². The summed E-state index contributed by atoms with van der Waals surface area (Å²) < 4.78 is 46.5. The summed E-state index contributed by atoms with van der Waals surface area (Å²) in [4.78, 5) is 15.0. The SMILES string of the molecule is Cc1ccc(CN(Cc2ccc(F)cc2)C(=O)CN(C(C)C)S(=O)(=O)c2ccccc2)o1. The van der Waals surface area contributed by atoms with E-state index in [1.165, 1.54) is 33.5 Å². The maximum absolute atomic E-state index is 13.3. The molecule has 0 aliphatic rings. The lowest BCUT2D eigenvalue weighted by atomic mass is 10.2. The number of rotatable bonds is 9. The molecule has 6 nitrogen and oxygen atoms in total. The molecule has 0 fully saturated rings. The van der Waals surface area contributed by atoms with E-state index in [0.29, 0.717) is 11.5 Å². The van der Waals surface area contributed by atoms with Crippen molar-refractivity contribution in [1.82, 2.24) is 9.21 Å². The molecule has 0 unspecified atom stereocenters. The fourth-order valence-corrected chi connectivity index (χ4v) is 4.91. The summed E-state index contributed by atoms with van der Waals surface area (Å²) in [6.45, 7) is 5.30. The molecule has 170 valence electrons. The molecule has 1 aromatic heterocycles. The van der Waals surface area contributed by atoms with Crippen molar-refractivity contribution < 1.29 is 22.0 Å². The van der Waals surface area contributed by atoms with E-state index in [1.54, 1.807) is 56.3 Å². The molecule has 0 aliphatic heterocycles. The summed E-state index contributed by atoms with van der Waals surface area (Å²) in [5.41, 5.74) is 0.727. The molecule has 3 rings (SSSR count). The Morgan fingerprint density at radius 3 is 2.19 bits per heavy atom. The number of carbonyl (C=O) groups excluding carboxylic acids is 1. The van der Waals surface area contributed by atoms with Gasteiger partial charge in [0.1, 0.15) is 17.3 Å². The van der Waals surface area contributed by atoms with Crippen molar-refractivity contribution in [2.45, 2.75) is 44.8 Å². The van der Waals surface area contributed by atoms with Crippen LogP contribution in [-0.4, -0.2) is 36.1 Å². The first-order valence-electron chi connectivity index (χ1n) is 10.3. The molecule has 0 atom stereocenters. The summed E-state index contributed by atoms with van der Waals surface area (Å²) >= 11 is 0. The van der Waals surface area contributed by atoms with Crippen LogP contribution >= 0.6 is 0 Å². The number of hydrogen-bond acceptors (Lipinski definition) is 4. The number of halogens is 1. The molecule has 32 heavy (non-hydrogen) atoms. The van der Waals surface area contributed by atoms with Gasteiger partial charge in [-0.05, 0) is 62.7 Å². The number of hydrogen-bond donors (Lipinski definition) is 0. The summed E-state index contributed by atoms with van der Waals surface area (Å²) in [5.74, 6) is 0.550. The van der Waals surface area contributed by atoms with Crippen molar-refractivity contribution in [3.05, 3.63) is 89.6 Å². The highest BCUT2D eigenvalue weighted by molar-refractivity contribution is 7.89. The largest absolute Gasteiger partial charge is 0.464 e. The number of amides is 1. The normalized spacial score (nSPS) is 11.8. The predicted octanol–water partition coefficient (Wildman–Crippen LogP) is 4.36. The molecule has 1 amide bonds. The van der Waals surface area contributed by atoms with Crippen LogP contribution < -0.4 is 0 Å². The van der Waals surface area contributed by atoms with Gasteiger partial charge in [0.25, 0.3) is 0 Å². The second-order valence-electron chi connectivity index (χ2n) is 7.85. The second-order valence-corrected chi connectivity index (χ2v) is 9.74. The van der Waals surface area contributed by atoms with Crippen molar-refractivity contribution in [2.24, 2.45) is 0 Å². The fourth-order valence-electron chi connectivity index (χ4n) is 3.31. The van der Waals surface area contributed by atoms with Gasteiger partial charge in [0.2, 0.25) is 15.9 Å². The molecule has 0 saturated carbocycles. The Kier molecular flexibility index (Phi) is 7.48. The number of aryl methyl sites for hydroxylation is 1. The van der Waals surface area contributed by atoms with Crippen molar-refractivity contribution in [3.63, 3.8) is 0 Å². The van der Waals surface area contributed by atoms with Crippen molar-refractivity contribution in [3.8, 4) is 0 Å². The summed E-state index contributed by atoms with van der Waals surface area (Å²) in [5, 5.41) is 0. The number of furan rings is 1. The first-order chi connectivity index (χ1) is 15.2. The van der Waals surface area contributed by atoms with Gasteiger partial charge in [0, 0.05) is 12.6 Å². The first kappa shape index (κ1) is 23.7. The first-order valence-corrected chi connectivity index (χ1v) is 11.8. The molecule has 0 saturated heterocycles. The topological polar surface area (TPSA) is 70.8 Å². The van der Waals surface area contributed by atoms with Crippen LogP contribution in [0.25, 0.3) is 0 Å². The van der Waals surface area contributed by atoms with Crippen molar-refractivity contribution in [1.29, 1.82) is 0 Å². The maximum Gasteiger partial charge on any atom is 0.243 e. The number of benzene rings is 2. The quantitative estimate of drug-likeness (QED) is 0.478. The zero-order valence-electron chi connectivity index (χ0n) is 18.4. The lowest BCUT2D eigenvalue weighted by molar-refractivity contribution is -0.133. The minimum absolute atomic E-state index is 0.133. The molecule has 0 radical (unpaired) electrons. The zero-order valence-corrected chi connectivity index (χ0v) is 19.2. The van der Waals surface area contributed by atoms with E-state index < -0.39 is 16.1 Å². The molecule has 0 spiro atoms. The van der Waals surface area contributed by atoms with Crippen LogP contribution in [0, 0.1) is 12.7 Å². The number of carbonyl (C=O) groups is 1. The lowest BCUT2D eigenvalue weighted by Gasteiger charge is -2.29. The van der Waals surface area contributed by atoms with Gasteiger partial charge in [-0.3, -0.25) is 4.79 Å². The van der Waals surface area contributed by atoms with E-state index >= 15 is 0 Å². The standard InChI is InChI=1S/C24H27FN2O4S/c1-18(2)27(32(29,30)23-7-5-4-6-8-23)17-24(28)26(16-22-14-9-19(3)31-22)15-20-10-12-21(25)13-11-20/h4-14,18H,15-17H2,1-3H3. The van der Waals surface area contributed by atoms with Crippen LogP contribution in [0.5, 0.6) is 0 Å². The highest BCUT2D eigenvalue weighted by atomic mass is 32.2. The molecule has 2 aromatic carbocycles. The van der Waals surface area contributed by atoms with Crippen LogP contribution in [0.15, 0.2) is 76.0 Å². The molecule has 3 aromatic rings. The third kappa shape index (κ3) is 5.83. The van der Waals surface area contributed by atoms with E-state index in [0.717, 1.165) is 5.56 Å². The van der Waals surface area contributed by atoms with Gasteiger partial charge in [-0.1, -0.05) is 30.3 Å². The zero-order chi connectivity index (χ0) is 23.3. The number of sulfonamides is 1. The van der Waals surface area contributed by atoms with E-state index in [1.807, 2.05) is 6.92 Å². The van der Waals surface area contributed by atoms with Gasteiger partial charge in [0.15, 0.2) is 0 Å². The molecule has 8 heteroatoms. The monoisotopic (exact) mass is 458 g/mol. The van der Waals surface area contributed by atoms with Gasteiger partial charge >= 0.3 is 0 Å². The minimum Gasteiger partial charge on any atom is -0.464 e. The van der Waals surface area contributed by atoms with Crippen LogP contribution in [0.4, 0.5) is 4.39 Å². The smallest absolute Gasteiger partial charge is 0.243 e. The van der Waals surface area contributed by atoms with Crippen LogP contribution in [0.2, 0.25) is 0 Å². The Hall–Kier alpha value is -2.97. The Labute approximate surface area is 188 Å². The Bertz CT molecular complexity index is 1140. The third-order valence-electron chi connectivity index (χ3n) is 5.00. The van der Waals surface area contributed by atoms with E-state index in [2.05, 4.69) is 0 Å². The van der Waals surface area contributed by atoms with Gasteiger partial charge in [0.05, 0.1) is 18.0 Å². The maximum atomic E-state index is 13.3. The predicted molar refractivity (Wildman–Crippen MR) is 120 cm³/mol. The molecule has 1 heterocycles. The highest BCUT2D eigenvalue weighted by Gasteiger charge is 2.31. The van der Waals surface area contributed by atoms with Crippen molar-refractivity contribution >= 4 is 15.9 Å². The Morgan fingerprint density at radius 2 is 1.62 bits per heavy atom. The molecular weight excluding hydrogens is 431 g/mol. The molecule has 0 bridgehead atoms. The molecule has 0 aliphatic carbocycles. The fraction of sp³-hybridized carbons (Fsp3) is 0.292. The van der Waals surface area contributed by atoms with Crippen LogP contribution in [-0.2, 0) is 27.9 Å². The average Bonchev–Trinajstić information content (AvgIpc) is 3.17. The third-order valence-corrected chi connectivity index (χ3v) is 7.04. The molecular formula is C24H27FN2O4S. The second kappa shape index (κ2) is 10.1. The number of nitrogens with zero attached hydrogens (tertiary/aromatic N) is 2. The Balaban J connectivity index is 1.86. The summed E-state index contributed by atoms with van der Waals surface area (Å²) in [6, 6.07) is 17.1.